The predicted octanol–water partition coefficient (Wildman–Crippen LogP) is 5.60. The molecule has 0 N–H and O–H groups in total. The molecule has 2 aromatic rings. The molecule has 0 radical (unpaired) electrons. The van der Waals surface area contributed by atoms with Gasteiger partial charge in [0.15, 0.2) is 0 Å². The zero-order valence-corrected chi connectivity index (χ0v) is 13.2. The molecule has 0 bridgehead atoms. The highest BCUT2D eigenvalue weighted by molar-refractivity contribution is 5.37. The molecule has 0 unspecified atom stereocenters. The van der Waals surface area contributed by atoms with E-state index in [2.05, 4.69) is 76.2 Å². The standard InChI is InChI=1S/C20H26/c1-15(2)13-17-9-5-6-10-18(17)14-19-11-7-8-12-20(19)16(3)4/h5-12,15-16H,13-14H2,1-4H3. The van der Waals surface area contributed by atoms with Crippen LogP contribution in [-0.2, 0) is 12.8 Å². The van der Waals surface area contributed by atoms with Gasteiger partial charge in [0.1, 0.15) is 0 Å². The summed E-state index contributed by atoms with van der Waals surface area (Å²) in [5.41, 5.74) is 5.93. The zero-order valence-electron chi connectivity index (χ0n) is 13.2. The van der Waals surface area contributed by atoms with Crippen LogP contribution in [0.5, 0.6) is 0 Å². The molecule has 0 saturated heterocycles. The van der Waals surface area contributed by atoms with Gasteiger partial charge in [0, 0.05) is 0 Å². The topological polar surface area (TPSA) is 0 Å². The fraction of sp³-hybridized carbons (Fsp3) is 0.400. The van der Waals surface area contributed by atoms with Crippen molar-refractivity contribution in [3.05, 3.63) is 70.8 Å². The summed E-state index contributed by atoms with van der Waals surface area (Å²) in [5.74, 6) is 1.29. The molecule has 106 valence electrons. The van der Waals surface area contributed by atoms with Gasteiger partial charge in [-0.15, -0.1) is 0 Å². The lowest BCUT2D eigenvalue weighted by atomic mass is 9.89. The Morgan fingerprint density at radius 3 is 1.85 bits per heavy atom. The van der Waals surface area contributed by atoms with E-state index in [1.165, 1.54) is 28.7 Å². The van der Waals surface area contributed by atoms with E-state index in [-0.39, 0.29) is 0 Å². The van der Waals surface area contributed by atoms with Gasteiger partial charge in [0.2, 0.25) is 0 Å². The molecule has 0 fully saturated rings. The van der Waals surface area contributed by atoms with Crippen molar-refractivity contribution >= 4 is 0 Å². The van der Waals surface area contributed by atoms with E-state index in [0.29, 0.717) is 11.8 Å². The Balaban J connectivity index is 2.31. The van der Waals surface area contributed by atoms with E-state index in [1.54, 1.807) is 0 Å². The fourth-order valence-corrected chi connectivity index (χ4v) is 2.83. The van der Waals surface area contributed by atoms with Crippen molar-refractivity contribution in [3.8, 4) is 0 Å². The van der Waals surface area contributed by atoms with E-state index in [9.17, 15) is 0 Å². The molecule has 0 heteroatoms. The monoisotopic (exact) mass is 266 g/mol. The summed E-state index contributed by atoms with van der Waals surface area (Å²) in [6, 6.07) is 17.8. The molecule has 0 nitrogen and oxygen atoms in total. The average molecular weight is 266 g/mol. The molecular weight excluding hydrogens is 240 g/mol. The summed E-state index contributed by atoms with van der Waals surface area (Å²) in [5, 5.41) is 0. The summed E-state index contributed by atoms with van der Waals surface area (Å²) >= 11 is 0. The van der Waals surface area contributed by atoms with E-state index >= 15 is 0 Å². The van der Waals surface area contributed by atoms with Crippen LogP contribution in [0.4, 0.5) is 0 Å². The number of hydrogen-bond acceptors (Lipinski definition) is 0. The van der Waals surface area contributed by atoms with Gasteiger partial charge in [-0.2, -0.15) is 0 Å². The van der Waals surface area contributed by atoms with E-state index in [0.717, 1.165) is 6.42 Å². The summed E-state index contributed by atoms with van der Waals surface area (Å²) in [6.45, 7) is 9.13. The molecule has 2 rings (SSSR count). The lowest BCUT2D eigenvalue weighted by Crippen LogP contribution is -2.02. The largest absolute Gasteiger partial charge is 0.0625 e. The third-order valence-electron chi connectivity index (χ3n) is 3.80. The molecule has 0 aliphatic heterocycles. The van der Waals surface area contributed by atoms with Gasteiger partial charge in [-0.1, -0.05) is 76.2 Å². The van der Waals surface area contributed by atoms with Gasteiger partial charge in [0.05, 0.1) is 0 Å². The number of rotatable bonds is 5. The SMILES string of the molecule is CC(C)Cc1ccccc1Cc1ccccc1C(C)C. The van der Waals surface area contributed by atoms with Crippen LogP contribution in [0, 0.1) is 5.92 Å². The number of hydrogen-bond donors (Lipinski definition) is 0. The number of benzene rings is 2. The van der Waals surface area contributed by atoms with Crippen LogP contribution >= 0.6 is 0 Å². The smallest absolute Gasteiger partial charge is 0.00202 e. The van der Waals surface area contributed by atoms with Gasteiger partial charge in [0.25, 0.3) is 0 Å². The van der Waals surface area contributed by atoms with Crippen LogP contribution in [0.15, 0.2) is 48.5 Å². The second-order valence-electron chi connectivity index (χ2n) is 6.40. The van der Waals surface area contributed by atoms with Crippen molar-refractivity contribution in [2.24, 2.45) is 5.92 Å². The van der Waals surface area contributed by atoms with E-state index in [4.69, 9.17) is 0 Å². The van der Waals surface area contributed by atoms with Gasteiger partial charge in [-0.3, -0.25) is 0 Å². The second kappa shape index (κ2) is 6.74. The maximum Gasteiger partial charge on any atom is -0.00202 e. The van der Waals surface area contributed by atoms with Crippen LogP contribution in [-0.4, -0.2) is 0 Å². The summed E-state index contributed by atoms with van der Waals surface area (Å²) in [4.78, 5) is 0. The van der Waals surface area contributed by atoms with Crippen LogP contribution in [0.2, 0.25) is 0 Å². The van der Waals surface area contributed by atoms with Crippen LogP contribution in [0.1, 0.15) is 55.9 Å². The van der Waals surface area contributed by atoms with Crippen molar-refractivity contribution in [1.82, 2.24) is 0 Å². The Bertz CT molecular complexity index is 549. The molecule has 0 aliphatic carbocycles. The first kappa shape index (κ1) is 14.8. The quantitative estimate of drug-likeness (QED) is 0.661. The average Bonchev–Trinajstić information content (AvgIpc) is 2.41. The third kappa shape index (κ3) is 3.72. The zero-order chi connectivity index (χ0) is 14.5. The van der Waals surface area contributed by atoms with Crippen molar-refractivity contribution in [2.75, 3.05) is 0 Å². The molecule has 0 saturated carbocycles. The van der Waals surface area contributed by atoms with Gasteiger partial charge in [-0.25, -0.2) is 0 Å². The van der Waals surface area contributed by atoms with Crippen molar-refractivity contribution in [3.63, 3.8) is 0 Å². The van der Waals surface area contributed by atoms with Gasteiger partial charge >= 0.3 is 0 Å². The van der Waals surface area contributed by atoms with Crippen molar-refractivity contribution in [1.29, 1.82) is 0 Å². The van der Waals surface area contributed by atoms with Gasteiger partial charge < -0.3 is 0 Å². The first-order chi connectivity index (χ1) is 9.58. The maximum absolute atomic E-state index is 2.29. The molecule has 0 amide bonds. The summed E-state index contributed by atoms with van der Waals surface area (Å²) in [6.07, 6.45) is 2.22. The van der Waals surface area contributed by atoms with Crippen LogP contribution in [0.3, 0.4) is 0 Å². The highest BCUT2D eigenvalue weighted by Crippen LogP contribution is 2.24. The van der Waals surface area contributed by atoms with Crippen LogP contribution < -0.4 is 0 Å². The Labute approximate surface area is 123 Å². The molecular formula is C20H26. The maximum atomic E-state index is 2.29. The summed E-state index contributed by atoms with van der Waals surface area (Å²) < 4.78 is 0. The minimum Gasteiger partial charge on any atom is -0.0625 e. The minimum absolute atomic E-state index is 0.587. The molecule has 0 heterocycles. The van der Waals surface area contributed by atoms with Gasteiger partial charge in [-0.05, 0) is 46.9 Å². The first-order valence-corrected chi connectivity index (χ1v) is 7.72. The fourth-order valence-electron chi connectivity index (χ4n) is 2.83. The van der Waals surface area contributed by atoms with Crippen molar-refractivity contribution in [2.45, 2.75) is 46.5 Å². The summed E-state index contributed by atoms with van der Waals surface area (Å²) in [7, 11) is 0. The Morgan fingerprint density at radius 2 is 1.25 bits per heavy atom. The first-order valence-electron chi connectivity index (χ1n) is 7.72. The minimum atomic E-state index is 0.587. The lowest BCUT2D eigenvalue weighted by molar-refractivity contribution is 0.643. The van der Waals surface area contributed by atoms with E-state index < -0.39 is 0 Å². The van der Waals surface area contributed by atoms with E-state index in [1.807, 2.05) is 0 Å². The Morgan fingerprint density at radius 1 is 0.700 bits per heavy atom. The van der Waals surface area contributed by atoms with Crippen LogP contribution in [0.25, 0.3) is 0 Å². The Kier molecular flexibility index (Phi) is 5.00. The molecule has 0 aliphatic rings. The second-order valence-corrected chi connectivity index (χ2v) is 6.40. The molecule has 20 heavy (non-hydrogen) atoms. The Hall–Kier alpha value is -1.56. The molecule has 0 aromatic heterocycles. The third-order valence-corrected chi connectivity index (χ3v) is 3.80. The molecule has 0 atom stereocenters. The highest BCUT2D eigenvalue weighted by atomic mass is 14.1. The predicted molar refractivity (Wildman–Crippen MR) is 88.3 cm³/mol. The normalized spacial score (nSPS) is 11.3. The lowest BCUT2D eigenvalue weighted by Gasteiger charge is -2.16. The highest BCUT2D eigenvalue weighted by Gasteiger charge is 2.09. The molecule has 2 aromatic carbocycles. The molecule has 0 spiro atoms. The van der Waals surface area contributed by atoms with Crippen molar-refractivity contribution < 1.29 is 0 Å².